The van der Waals surface area contributed by atoms with Gasteiger partial charge in [-0.1, -0.05) is 36.4 Å². The highest BCUT2D eigenvalue weighted by molar-refractivity contribution is 5.95. The second kappa shape index (κ2) is 7.25. The van der Waals surface area contributed by atoms with Gasteiger partial charge in [-0.2, -0.15) is 0 Å². The lowest BCUT2D eigenvalue weighted by Crippen LogP contribution is -2.34. The van der Waals surface area contributed by atoms with Crippen molar-refractivity contribution in [2.75, 3.05) is 26.2 Å². The molecule has 132 valence electrons. The van der Waals surface area contributed by atoms with Gasteiger partial charge in [0, 0.05) is 18.7 Å². The fraction of sp³-hybridized carbons (Fsp3) is 0.350. The highest BCUT2D eigenvalue weighted by Gasteiger charge is 2.39. The normalized spacial score (nSPS) is 19.9. The molecule has 0 unspecified atom stereocenters. The van der Waals surface area contributed by atoms with Crippen LogP contribution in [0.4, 0.5) is 0 Å². The molecule has 0 saturated carbocycles. The summed E-state index contributed by atoms with van der Waals surface area (Å²) in [5.74, 6) is 0.582. The summed E-state index contributed by atoms with van der Waals surface area (Å²) in [6.07, 6.45) is 0.533. The van der Waals surface area contributed by atoms with Crippen molar-refractivity contribution in [3.63, 3.8) is 0 Å². The minimum atomic E-state index is -0.986. The maximum absolute atomic E-state index is 12.8. The van der Waals surface area contributed by atoms with Crippen LogP contribution in [0.1, 0.15) is 27.9 Å². The third kappa shape index (κ3) is 3.67. The Morgan fingerprint density at radius 2 is 2.04 bits per heavy atom. The summed E-state index contributed by atoms with van der Waals surface area (Å²) in [4.78, 5) is 14.5. The molecule has 0 spiro atoms. The average Bonchev–Trinajstić information content (AvgIpc) is 3.05. The Morgan fingerprint density at radius 1 is 1.28 bits per heavy atom. The van der Waals surface area contributed by atoms with E-state index in [1.807, 2.05) is 43.3 Å². The second-order valence-electron chi connectivity index (χ2n) is 6.49. The quantitative estimate of drug-likeness (QED) is 0.874. The molecule has 0 bridgehead atoms. The summed E-state index contributed by atoms with van der Waals surface area (Å²) < 4.78 is 5.60. The predicted octanol–water partition coefficient (Wildman–Crippen LogP) is 2.07. The number of benzene rings is 2. The summed E-state index contributed by atoms with van der Waals surface area (Å²) in [6.45, 7) is 3.59. The average molecular weight is 340 g/mol. The fourth-order valence-corrected chi connectivity index (χ4v) is 3.19. The van der Waals surface area contributed by atoms with Gasteiger partial charge in [-0.05, 0) is 36.6 Å². The lowest BCUT2D eigenvalue weighted by Gasteiger charge is -2.24. The van der Waals surface area contributed by atoms with Crippen LogP contribution in [-0.2, 0) is 5.60 Å². The molecule has 2 aromatic carbocycles. The van der Waals surface area contributed by atoms with E-state index in [1.165, 1.54) is 0 Å². The van der Waals surface area contributed by atoms with E-state index in [2.05, 4.69) is 0 Å². The zero-order valence-corrected chi connectivity index (χ0v) is 14.4. The zero-order valence-electron chi connectivity index (χ0n) is 14.4. The largest absolute Gasteiger partial charge is 0.492 e. The molecular weight excluding hydrogens is 316 g/mol. The number of rotatable bonds is 5. The van der Waals surface area contributed by atoms with Crippen molar-refractivity contribution < 1.29 is 14.6 Å². The van der Waals surface area contributed by atoms with E-state index in [1.54, 1.807) is 17.0 Å². The highest BCUT2D eigenvalue weighted by Crippen LogP contribution is 2.33. The Morgan fingerprint density at radius 3 is 2.76 bits per heavy atom. The first-order chi connectivity index (χ1) is 12.0. The summed E-state index contributed by atoms with van der Waals surface area (Å²) >= 11 is 0. The molecule has 5 nitrogen and oxygen atoms in total. The van der Waals surface area contributed by atoms with Gasteiger partial charge in [0.15, 0.2) is 0 Å². The van der Waals surface area contributed by atoms with Gasteiger partial charge >= 0.3 is 0 Å². The Hall–Kier alpha value is -2.37. The number of aliphatic hydroxyl groups is 1. The van der Waals surface area contributed by atoms with Gasteiger partial charge in [-0.25, -0.2) is 0 Å². The van der Waals surface area contributed by atoms with Crippen molar-refractivity contribution in [2.45, 2.75) is 18.9 Å². The van der Waals surface area contributed by atoms with Crippen LogP contribution in [-0.4, -0.2) is 42.2 Å². The number of amides is 1. The number of β-amino-alcohol motifs (C(OH)–C–C–N with tert-alkyl or cyclic N) is 1. The van der Waals surface area contributed by atoms with Crippen molar-refractivity contribution in [2.24, 2.45) is 5.73 Å². The molecule has 25 heavy (non-hydrogen) atoms. The Balaban J connectivity index is 1.76. The maximum atomic E-state index is 12.8. The molecule has 1 saturated heterocycles. The van der Waals surface area contributed by atoms with Crippen LogP contribution in [0.15, 0.2) is 48.5 Å². The van der Waals surface area contributed by atoms with Crippen LogP contribution in [0.2, 0.25) is 0 Å². The monoisotopic (exact) mass is 340 g/mol. The topological polar surface area (TPSA) is 75.8 Å². The van der Waals surface area contributed by atoms with E-state index in [4.69, 9.17) is 10.5 Å². The number of likely N-dealkylation sites (tertiary alicyclic amines) is 1. The molecule has 1 fully saturated rings. The number of carbonyl (C=O) groups is 1. The number of nitrogens with zero attached hydrogens (tertiary/aromatic N) is 1. The fourth-order valence-electron chi connectivity index (χ4n) is 3.19. The minimum Gasteiger partial charge on any atom is -0.492 e. The third-order valence-corrected chi connectivity index (χ3v) is 4.66. The molecular formula is C20H24N2O3. The van der Waals surface area contributed by atoms with Crippen LogP contribution < -0.4 is 10.5 Å². The lowest BCUT2D eigenvalue weighted by molar-refractivity contribution is 0.0417. The molecule has 0 radical (unpaired) electrons. The first-order valence-electron chi connectivity index (χ1n) is 8.54. The van der Waals surface area contributed by atoms with Gasteiger partial charge in [-0.3, -0.25) is 4.79 Å². The van der Waals surface area contributed by atoms with Crippen LogP contribution in [0.5, 0.6) is 5.75 Å². The van der Waals surface area contributed by atoms with Crippen molar-refractivity contribution in [1.82, 2.24) is 4.90 Å². The van der Waals surface area contributed by atoms with E-state index in [0.29, 0.717) is 44.0 Å². The molecule has 2 aromatic rings. The van der Waals surface area contributed by atoms with E-state index >= 15 is 0 Å². The molecule has 3 rings (SSSR count). The molecule has 0 aliphatic carbocycles. The summed E-state index contributed by atoms with van der Waals surface area (Å²) in [6, 6.07) is 15.0. The van der Waals surface area contributed by atoms with Gasteiger partial charge in [0.1, 0.15) is 18.0 Å². The van der Waals surface area contributed by atoms with E-state index in [0.717, 1.165) is 11.1 Å². The summed E-state index contributed by atoms with van der Waals surface area (Å²) in [5, 5.41) is 10.9. The van der Waals surface area contributed by atoms with Crippen molar-refractivity contribution in [3.05, 3.63) is 65.2 Å². The Bertz CT molecular complexity index is 748. The Labute approximate surface area is 148 Å². The summed E-state index contributed by atoms with van der Waals surface area (Å²) in [7, 11) is 0. The molecule has 1 atom stereocenters. The van der Waals surface area contributed by atoms with Crippen molar-refractivity contribution in [3.8, 4) is 5.75 Å². The lowest BCUT2D eigenvalue weighted by atomic mass is 9.93. The molecule has 3 N–H and O–H groups in total. The van der Waals surface area contributed by atoms with Crippen LogP contribution in [0.25, 0.3) is 0 Å². The number of ether oxygens (including phenoxy) is 1. The first kappa shape index (κ1) is 17.5. The smallest absolute Gasteiger partial charge is 0.254 e. The minimum absolute atomic E-state index is 0.0931. The predicted molar refractivity (Wildman–Crippen MR) is 96.6 cm³/mol. The SMILES string of the molecule is Cc1ccc(C(=O)N2CC[C@@](O)(c3ccccc3)C2)cc1OCCN. The van der Waals surface area contributed by atoms with Crippen LogP contribution in [0, 0.1) is 6.92 Å². The van der Waals surface area contributed by atoms with Crippen LogP contribution >= 0.6 is 0 Å². The highest BCUT2D eigenvalue weighted by atomic mass is 16.5. The van der Waals surface area contributed by atoms with Gasteiger partial charge in [-0.15, -0.1) is 0 Å². The number of carbonyl (C=O) groups excluding carboxylic acids is 1. The third-order valence-electron chi connectivity index (χ3n) is 4.66. The molecule has 1 heterocycles. The summed E-state index contributed by atoms with van der Waals surface area (Å²) in [5.41, 5.74) is 6.87. The van der Waals surface area contributed by atoms with E-state index in [-0.39, 0.29) is 5.91 Å². The maximum Gasteiger partial charge on any atom is 0.254 e. The molecule has 5 heteroatoms. The van der Waals surface area contributed by atoms with Crippen molar-refractivity contribution in [1.29, 1.82) is 0 Å². The Kier molecular flexibility index (Phi) is 5.06. The molecule has 1 aliphatic rings. The zero-order chi connectivity index (χ0) is 17.9. The van der Waals surface area contributed by atoms with E-state index < -0.39 is 5.60 Å². The van der Waals surface area contributed by atoms with Crippen molar-refractivity contribution >= 4 is 5.91 Å². The second-order valence-corrected chi connectivity index (χ2v) is 6.49. The van der Waals surface area contributed by atoms with Crippen LogP contribution in [0.3, 0.4) is 0 Å². The number of nitrogens with two attached hydrogens (primary N) is 1. The van der Waals surface area contributed by atoms with E-state index in [9.17, 15) is 9.90 Å². The standard InChI is InChI=1S/C20H24N2O3/c1-15-7-8-16(13-18(15)25-12-10-21)19(23)22-11-9-20(24,14-22)17-5-3-2-4-6-17/h2-8,13,24H,9-12,14,21H2,1H3/t20-/m0/s1. The number of hydrogen-bond donors (Lipinski definition) is 2. The molecule has 1 aliphatic heterocycles. The molecule has 1 amide bonds. The number of hydrogen-bond acceptors (Lipinski definition) is 4. The first-order valence-corrected chi connectivity index (χ1v) is 8.54. The van der Waals surface area contributed by atoms with Gasteiger partial charge in [0.25, 0.3) is 5.91 Å². The van der Waals surface area contributed by atoms with Gasteiger partial charge in [0.2, 0.25) is 0 Å². The molecule has 0 aromatic heterocycles. The number of aryl methyl sites for hydroxylation is 1. The van der Waals surface area contributed by atoms with Gasteiger partial charge < -0.3 is 20.5 Å². The van der Waals surface area contributed by atoms with Gasteiger partial charge in [0.05, 0.1) is 6.54 Å².